The fourth-order valence-corrected chi connectivity index (χ4v) is 1.66. The molecule has 100 valence electrons. The number of carbonyl (C=O) groups is 1. The second-order valence-electron chi connectivity index (χ2n) is 4.26. The van der Waals surface area contributed by atoms with Gasteiger partial charge in [-0.3, -0.25) is 4.79 Å². The number of nitrogens with zero attached hydrogens (tertiary/aromatic N) is 3. The molecule has 19 heavy (non-hydrogen) atoms. The molecule has 0 bridgehead atoms. The van der Waals surface area contributed by atoms with E-state index in [-0.39, 0.29) is 22.4 Å². The number of hydrogen-bond donors (Lipinski definition) is 0. The van der Waals surface area contributed by atoms with Crippen molar-refractivity contribution >= 4 is 17.4 Å². The molecule has 1 heterocycles. The number of rotatable bonds is 3. The number of Topliss-reactive ketones (excluding diaryl/α,β-unsaturated/α-hetero) is 1. The summed E-state index contributed by atoms with van der Waals surface area (Å²) in [4.78, 5) is 11.7. The lowest BCUT2D eigenvalue weighted by atomic mass is 10.1. The number of halogens is 3. The van der Waals surface area contributed by atoms with Crippen LogP contribution < -0.4 is 0 Å². The Morgan fingerprint density at radius 1 is 1.37 bits per heavy atom. The van der Waals surface area contributed by atoms with Crippen LogP contribution in [0.1, 0.15) is 24.3 Å². The Bertz CT molecular complexity index is 640. The van der Waals surface area contributed by atoms with Gasteiger partial charge in [0.05, 0.1) is 11.2 Å². The normalized spacial score (nSPS) is 11.1. The molecule has 4 nitrogen and oxygen atoms in total. The van der Waals surface area contributed by atoms with Gasteiger partial charge < -0.3 is 0 Å². The van der Waals surface area contributed by atoms with Gasteiger partial charge in [-0.1, -0.05) is 30.7 Å². The number of carbonyl (C=O) groups excluding carboxylic acids is 1. The molecule has 7 heteroatoms. The van der Waals surface area contributed by atoms with E-state index in [1.165, 1.54) is 6.20 Å². The Kier molecular flexibility index (Phi) is 3.61. The molecule has 0 aliphatic carbocycles. The van der Waals surface area contributed by atoms with Crippen LogP contribution in [0.5, 0.6) is 0 Å². The van der Waals surface area contributed by atoms with Crippen LogP contribution in [0.15, 0.2) is 18.3 Å². The summed E-state index contributed by atoms with van der Waals surface area (Å²) in [7, 11) is 0. The third-order valence-electron chi connectivity index (χ3n) is 2.52. The molecule has 2 rings (SSSR count). The number of aromatic nitrogens is 3. The molecule has 0 radical (unpaired) electrons. The Hall–Kier alpha value is -1.82. The monoisotopic (exact) mass is 285 g/mol. The van der Waals surface area contributed by atoms with Crippen LogP contribution in [-0.4, -0.2) is 20.8 Å². The van der Waals surface area contributed by atoms with Crippen molar-refractivity contribution in [2.45, 2.75) is 13.8 Å². The van der Waals surface area contributed by atoms with Crippen molar-refractivity contribution in [3.8, 4) is 5.69 Å². The molecule has 0 amide bonds. The first-order valence-electron chi connectivity index (χ1n) is 5.52. The van der Waals surface area contributed by atoms with Gasteiger partial charge >= 0.3 is 0 Å². The second-order valence-corrected chi connectivity index (χ2v) is 4.67. The molecule has 0 N–H and O–H groups in total. The average molecular weight is 286 g/mol. The number of ketones is 1. The van der Waals surface area contributed by atoms with E-state index in [0.717, 1.165) is 16.8 Å². The van der Waals surface area contributed by atoms with Gasteiger partial charge in [-0.05, 0) is 12.1 Å². The maximum absolute atomic E-state index is 13.8. The van der Waals surface area contributed by atoms with Gasteiger partial charge in [0.15, 0.2) is 17.4 Å². The van der Waals surface area contributed by atoms with Crippen molar-refractivity contribution in [1.82, 2.24) is 15.0 Å². The summed E-state index contributed by atoms with van der Waals surface area (Å²) in [5.74, 6) is -2.32. The summed E-state index contributed by atoms with van der Waals surface area (Å²) in [6.07, 6.45) is 1.18. The third kappa shape index (κ3) is 2.49. The largest absolute Gasteiger partial charge is 0.292 e. The highest BCUT2D eigenvalue weighted by Gasteiger charge is 2.19. The lowest BCUT2D eigenvalue weighted by molar-refractivity contribution is 0.0934. The topological polar surface area (TPSA) is 47.8 Å². The predicted molar refractivity (Wildman–Crippen MR) is 65.5 cm³/mol. The maximum atomic E-state index is 13.8. The SMILES string of the molecule is CC(C)C(=O)c1cn(-c2c(F)ccc(Cl)c2F)nn1. The minimum atomic E-state index is -0.949. The molecule has 1 aromatic carbocycles. The first-order chi connectivity index (χ1) is 8.91. The number of hydrogen-bond acceptors (Lipinski definition) is 3. The minimum Gasteiger partial charge on any atom is -0.292 e. The quantitative estimate of drug-likeness (QED) is 0.643. The average Bonchev–Trinajstić information content (AvgIpc) is 2.82. The number of benzene rings is 1. The van der Waals surface area contributed by atoms with E-state index in [1.807, 2.05) is 0 Å². The predicted octanol–water partition coefficient (Wildman–Crippen LogP) is 3.04. The van der Waals surface area contributed by atoms with Crippen LogP contribution >= 0.6 is 11.6 Å². The first kappa shape index (κ1) is 13.6. The second kappa shape index (κ2) is 5.05. The molecule has 1 aromatic heterocycles. The van der Waals surface area contributed by atoms with Crippen LogP contribution in [0.25, 0.3) is 5.69 Å². The molecule has 0 unspecified atom stereocenters. The Balaban J connectivity index is 2.50. The summed E-state index contributed by atoms with van der Waals surface area (Å²) in [5, 5.41) is 6.94. The molecule has 0 saturated heterocycles. The van der Waals surface area contributed by atoms with Crippen molar-refractivity contribution in [1.29, 1.82) is 0 Å². The zero-order valence-corrected chi connectivity index (χ0v) is 10.9. The summed E-state index contributed by atoms with van der Waals surface area (Å²) in [6.45, 7) is 3.39. The molecular formula is C12H10ClF2N3O. The van der Waals surface area contributed by atoms with Gasteiger partial charge in [0.2, 0.25) is 0 Å². The van der Waals surface area contributed by atoms with Crippen molar-refractivity contribution in [2.75, 3.05) is 0 Å². The highest BCUT2D eigenvalue weighted by molar-refractivity contribution is 6.30. The van der Waals surface area contributed by atoms with E-state index < -0.39 is 17.3 Å². The van der Waals surface area contributed by atoms with Crippen molar-refractivity contribution in [3.63, 3.8) is 0 Å². The zero-order chi connectivity index (χ0) is 14.2. The molecule has 2 aromatic rings. The van der Waals surface area contributed by atoms with Crippen LogP contribution in [0.4, 0.5) is 8.78 Å². The first-order valence-corrected chi connectivity index (χ1v) is 5.90. The lowest BCUT2D eigenvalue weighted by Gasteiger charge is -2.04. The van der Waals surface area contributed by atoms with Gasteiger partial charge in [-0.25, -0.2) is 13.5 Å². The van der Waals surface area contributed by atoms with Gasteiger partial charge in [-0.2, -0.15) is 0 Å². The fraction of sp³-hybridized carbons (Fsp3) is 0.250. The lowest BCUT2D eigenvalue weighted by Crippen LogP contribution is -2.07. The molecular weight excluding hydrogens is 276 g/mol. The molecule has 0 saturated carbocycles. The van der Waals surface area contributed by atoms with Crippen LogP contribution in [0.2, 0.25) is 5.02 Å². The van der Waals surface area contributed by atoms with E-state index in [0.29, 0.717) is 0 Å². The molecule has 0 aliphatic heterocycles. The zero-order valence-electron chi connectivity index (χ0n) is 10.2. The van der Waals surface area contributed by atoms with E-state index >= 15 is 0 Å². The van der Waals surface area contributed by atoms with Crippen LogP contribution in [0.3, 0.4) is 0 Å². The molecule has 0 fully saturated rings. The third-order valence-corrected chi connectivity index (χ3v) is 2.81. The van der Waals surface area contributed by atoms with Gasteiger partial charge in [0.25, 0.3) is 0 Å². The van der Waals surface area contributed by atoms with Gasteiger partial charge in [0, 0.05) is 5.92 Å². The van der Waals surface area contributed by atoms with E-state index in [2.05, 4.69) is 10.3 Å². The Morgan fingerprint density at radius 3 is 2.68 bits per heavy atom. The van der Waals surface area contributed by atoms with E-state index in [1.54, 1.807) is 13.8 Å². The van der Waals surface area contributed by atoms with Crippen molar-refractivity contribution < 1.29 is 13.6 Å². The fourth-order valence-electron chi connectivity index (χ4n) is 1.51. The smallest absolute Gasteiger partial charge is 0.187 e. The van der Waals surface area contributed by atoms with Crippen molar-refractivity contribution in [2.24, 2.45) is 5.92 Å². The molecule has 0 aliphatic rings. The molecule has 0 atom stereocenters. The van der Waals surface area contributed by atoms with Crippen molar-refractivity contribution in [3.05, 3.63) is 40.7 Å². The maximum Gasteiger partial charge on any atom is 0.187 e. The van der Waals surface area contributed by atoms with Crippen LogP contribution in [-0.2, 0) is 0 Å². The summed E-state index contributed by atoms with van der Waals surface area (Å²) < 4.78 is 28.3. The standard InChI is InChI=1S/C12H10ClF2N3O/c1-6(2)12(19)9-5-18(17-16-9)11-8(14)4-3-7(13)10(11)15/h3-6H,1-2H3. The Morgan fingerprint density at radius 2 is 2.05 bits per heavy atom. The molecule has 0 spiro atoms. The summed E-state index contributed by atoms with van der Waals surface area (Å²) in [5.41, 5.74) is -0.406. The highest BCUT2D eigenvalue weighted by Crippen LogP contribution is 2.24. The Labute approximate surface area is 113 Å². The summed E-state index contributed by atoms with van der Waals surface area (Å²) >= 11 is 5.59. The van der Waals surface area contributed by atoms with Gasteiger partial charge in [-0.15, -0.1) is 5.10 Å². The van der Waals surface area contributed by atoms with E-state index in [4.69, 9.17) is 11.6 Å². The minimum absolute atomic E-state index is 0.0498. The highest BCUT2D eigenvalue weighted by atomic mass is 35.5. The van der Waals surface area contributed by atoms with E-state index in [9.17, 15) is 13.6 Å². The van der Waals surface area contributed by atoms with Crippen LogP contribution in [0, 0.1) is 17.6 Å². The summed E-state index contributed by atoms with van der Waals surface area (Å²) in [6, 6.07) is 2.12. The van der Waals surface area contributed by atoms with Gasteiger partial charge in [0.1, 0.15) is 11.4 Å².